The van der Waals surface area contributed by atoms with Crippen LogP contribution in [0.25, 0.3) is 0 Å². The van der Waals surface area contributed by atoms with Crippen LogP contribution in [0.4, 0.5) is 4.79 Å². The van der Waals surface area contributed by atoms with Crippen molar-refractivity contribution >= 4 is 12.0 Å². The first-order chi connectivity index (χ1) is 10.1. The summed E-state index contributed by atoms with van der Waals surface area (Å²) in [7, 11) is 0. The number of hydrogen-bond acceptors (Lipinski definition) is 3. The normalized spacial score (nSPS) is 27.4. The molecule has 2 aliphatic heterocycles. The van der Waals surface area contributed by atoms with Gasteiger partial charge < -0.3 is 20.2 Å². The molecule has 6 nitrogen and oxygen atoms in total. The molecule has 2 aliphatic rings. The highest BCUT2D eigenvalue weighted by atomic mass is 16.4. The van der Waals surface area contributed by atoms with Crippen LogP contribution in [0.5, 0.6) is 0 Å². The maximum Gasteiger partial charge on any atom is 0.326 e. The van der Waals surface area contributed by atoms with Gasteiger partial charge >= 0.3 is 12.0 Å². The van der Waals surface area contributed by atoms with Gasteiger partial charge in [0.15, 0.2) is 0 Å². The molecule has 0 bridgehead atoms. The molecule has 120 valence electrons. The molecule has 6 heteroatoms. The molecule has 0 aromatic heterocycles. The van der Waals surface area contributed by atoms with Gasteiger partial charge in [-0.1, -0.05) is 19.8 Å². The van der Waals surface area contributed by atoms with Gasteiger partial charge in [-0.3, -0.25) is 0 Å². The number of aliphatic carboxylic acids is 1. The van der Waals surface area contributed by atoms with Crippen molar-refractivity contribution < 1.29 is 14.7 Å². The molecule has 2 amide bonds. The zero-order valence-corrected chi connectivity index (χ0v) is 12.9. The van der Waals surface area contributed by atoms with Crippen LogP contribution in [0.3, 0.4) is 0 Å². The minimum Gasteiger partial charge on any atom is -0.480 e. The Bertz CT molecular complexity index is 375. The number of carbonyl (C=O) groups is 2. The van der Waals surface area contributed by atoms with Crippen LogP contribution < -0.4 is 5.32 Å². The van der Waals surface area contributed by atoms with E-state index in [1.165, 1.54) is 4.90 Å². The number of nitrogens with one attached hydrogen (secondary N) is 1. The van der Waals surface area contributed by atoms with Gasteiger partial charge in [0, 0.05) is 19.6 Å². The van der Waals surface area contributed by atoms with Crippen LogP contribution in [-0.4, -0.2) is 65.7 Å². The van der Waals surface area contributed by atoms with E-state index in [-0.39, 0.29) is 6.03 Å². The van der Waals surface area contributed by atoms with E-state index in [9.17, 15) is 14.7 Å². The molecular weight excluding hydrogens is 270 g/mol. The van der Waals surface area contributed by atoms with Gasteiger partial charge in [-0.25, -0.2) is 9.59 Å². The Kier molecular flexibility index (Phi) is 5.85. The van der Waals surface area contributed by atoms with E-state index in [4.69, 9.17) is 0 Å². The van der Waals surface area contributed by atoms with Crippen LogP contribution in [0.1, 0.15) is 39.0 Å². The van der Waals surface area contributed by atoms with Gasteiger partial charge in [0.1, 0.15) is 6.04 Å². The lowest BCUT2D eigenvalue weighted by atomic mass is 10.1. The second kappa shape index (κ2) is 7.64. The van der Waals surface area contributed by atoms with E-state index in [0.717, 1.165) is 45.3 Å². The van der Waals surface area contributed by atoms with Crippen molar-refractivity contribution in [1.29, 1.82) is 0 Å². The Morgan fingerprint density at radius 3 is 2.67 bits per heavy atom. The van der Waals surface area contributed by atoms with E-state index < -0.39 is 12.0 Å². The summed E-state index contributed by atoms with van der Waals surface area (Å²) in [6, 6.07) is -0.873. The molecule has 2 N–H and O–H groups in total. The molecule has 0 radical (unpaired) electrons. The average Bonchev–Trinajstić information content (AvgIpc) is 2.78. The van der Waals surface area contributed by atoms with Crippen molar-refractivity contribution in [3.8, 4) is 0 Å². The van der Waals surface area contributed by atoms with Crippen molar-refractivity contribution in [2.45, 2.75) is 45.1 Å². The Morgan fingerprint density at radius 1 is 1.19 bits per heavy atom. The molecule has 2 fully saturated rings. The lowest BCUT2D eigenvalue weighted by molar-refractivity contribution is -0.142. The van der Waals surface area contributed by atoms with Gasteiger partial charge in [0.05, 0.1) is 0 Å². The lowest BCUT2D eigenvalue weighted by Crippen LogP contribution is -2.50. The number of carbonyl (C=O) groups excluding carboxylic acids is 1. The van der Waals surface area contributed by atoms with Crippen LogP contribution in [0.15, 0.2) is 0 Å². The molecule has 0 spiro atoms. The van der Waals surface area contributed by atoms with Gasteiger partial charge in [-0.05, 0) is 38.3 Å². The Hall–Kier alpha value is -1.30. The second-order valence-electron chi connectivity index (χ2n) is 6.13. The zero-order valence-electron chi connectivity index (χ0n) is 12.9. The summed E-state index contributed by atoms with van der Waals surface area (Å²) in [4.78, 5) is 27.5. The summed E-state index contributed by atoms with van der Waals surface area (Å²) in [5.41, 5.74) is 0. The third-order valence-corrected chi connectivity index (χ3v) is 4.66. The summed E-state index contributed by atoms with van der Waals surface area (Å²) < 4.78 is 0. The van der Waals surface area contributed by atoms with Crippen molar-refractivity contribution in [3.63, 3.8) is 0 Å². The predicted octanol–water partition coefficient (Wildman–Crippen LogP) is 1.37. The van der Waals surface area contributed by atoms with Crippen molar-refractivity contribution in [2.24, 2.45) is 5.92 Å². The summed E-state index contributed by atoms with van der Waals surface area (Å²) in [6.45, 7) is 6.53. The number of carboxylic acids is 1. The molecule has 2 heterocycles. The number of hydrogen-bond donors (Lipinski definition) is 2. The van der Waals surface area contributed by atoms with Crippen LogP contribution >= 0.6 is 0 Å². The van der Waals surface area contributed by atoms with Gasteiger partial charge in [-0.2, -0.15) is 0 Å². The van der Waals surface area contributed by atoms with Crippen LogP contribution in [0.2, 0.25) is 0 Å². The Morgan fingerprint density at radius 2 is 2.00 bits per heavy atom. The van der Waals surface area contributed by atoms with Crippen LogP contribution in [-0.2, 0) is 4.79 Å². The number of urea groups is 1. The summed E-state index contributed by atoms with van der Waals surface area (Å²) in [5.74, 6) is -0.394. The first-order valence-electron chi connectivity index (χ1n) is 8.11. The molecular formula is C15H27N3O3. The maximum absolute atomic E-state index is 12.3. The monoisotopic (exact) mass is 297 g/mol. The number of carboxylic acid groups (broad SMARTS) is 1. The second-order valence-corrected chi connectivity index (χ2v) is 6.13. The first kappa shape index (κ1) is 16.1. The number of rotatable bonds is 4. The summed E-state index contributed by atoms with van der Waals surface area (Å²) in [5, 5.41) is 12.2. The largest absolute Gasteiger partial charge is 0.480 e. The molecule has 2 unspecified atom stereocenters. The quantitative estimate of drug-likeness (QED) is 0.822. The summed E-state index contributed by atoms with van der Waals surface area (Å²) in [6.07, 6.45) is 4.45. The van der Waals surface area contributed by atoms with Gasteiger partial charge in [0.2, 0.25) is 0 Å². The molecule has 21 heavy (non-hydrogen) atoms. The molecule has 0 aromatic carbocycles. The van der Waals surface area contributed by atoms with Gasteiger partial charge in [0.25, 0.3) is 0 Å². The molecule has 2 rings (SSSR count). The predicted molar refractivity (Wildman–Crippen MR) is 80.2 cm³/mol. The third-order valence-electron chi connectivity index (χ3n) is 4.66. The van der Waals surface area contributed by atoms with E-state index >= 15 is 0 Å². The highest BCUT2D eigenvalue weighted by Gasteiger charge is 2.31. The highest BCUT2D eigenvalue weighted by molar-refractivity contribution is 5.82. The molecule has 0 aliphatic carbocycles. The van der Waals surface area contributed by atoms with E-state index in [2.05, 4.69) is 17.1 Å². The number of nitrogens with zero attached hydrogens (tertiary/aromatic N) is 2. The fraction of sp³-hybridized carbons (Fsp3) is 0.867. The lowest BCUT2D eigenvalue weighted by Gasteiger charge is -2.27. The SMILES string of the molecule is CCN1CCC(CNC(=O)N2CCCCCC2C(=O)O)C1. The van der Waals surface area contributed by atoms with Crippen molar-refractivity contribution in [1.82, 2.24) is 15.1 Å². The number of likely N-dealkylation sites (tertiary alicyclic amines) is 2. The van der Waals surface area contributed by atoms with E-state index in [1.54, 1.807) is 0 Å². The van der Waals surface area contributed by atoms with Gasteiger partial charge in [-0.15, -0.1) is 0 Å². The molecule has 2 saturated heterocycles. The van der Waals surface area contributed by atoms with Crippen molar-refractivity contribution in [2.75, 3.05) is 32.7 Å². The standard InChI is InChI=1S/C15H27N3O3/c1-2-17-9-7-12(11-17)10-16-15(21)18-8-5-3-4-6-13(18)14(19)20/h12-13H,2-11H2,1H3,(H,16,21)(H,19,20). The highest BCUT2D eigenvalue weighted by Crippen LogP contribution is 2.18. The minimum absolute atomic E-state index is 0.209. The first-order valence-corrected chi connectivity index (χ1v) is 8.11. The topological polar surface area (TPSA) is 72.9 Å². The van der Waals surface area contributed by atoms with Crippen LogP contribution in [0, 0.1) is 5.92 Å². The zero-order chi connectivity index (χ0) is 15.2. The molecule has 0 saturated carbocycles. The van der Waals surface area contributed by atoms with E-state index in [0.29, 0.717) is 25.4 Å². The number of amides is 2. The maximum atomic E-state index is 12.3. The molecule has 2 atom stereocenters. The average molecular weight is 297 g/mol. The molecule has 0 aromatic rings. The van der Waals surface area contributed by atoms with Crippen molar-refractivity contribution in [3.05, 3.63) is 0 Å². The Balaban J connectivity index is 1.84. The van der Waals surface area contributed by atoms with E-state index in [1.807, 2.05) is 0 Å². The fourth-order valence-corrected chi connectivity index (χ4v) is 3.31. The third kappa shape index (κ3) is 4.33. The smallest absolute Gasteiger partial charge is 0.326 e. The minimum atomic E-state index is -0.884. The summed E-state index contributed by atoms with van der Waals surface area (Å²) >= 11 is 0. The Labute approximate surface area is 126 Å². The fourth-order valence-electron chi connectivity index (χ4n) is 3.31.